The SMILES string of the molecule is CCCCCCCCC(CCCCCCCC)(CCCCCCCC)C(=O)OOC(=O)C(CCCCCCCC)(CCCCCCCC)CCCCCCCC. The van der Waals surface area contributed by atoms with Crippen molar-refractivity contribution in [1.82, 2.24) is 0 Å². The van der Waals surface area contributed by atoms with Gasteiger partial charge in [-0.05, 0) is 38.5 Å². The van der Waals surface area contributed by atoms with Crippen LogP contribution in [0.25, 0.3) is 0 Å². The van der Waals surface area contributed by atoms with Crippen molar-refractivity contribution in [3.05, 3.63) is 0 Å². The van der Waals surface area contributed by atoms with Gasteiger partial charge in [-0.2, -0.15) is 0 Å². The molecular formula is C52H102O4. The molecule has 0 aromatic rings. The second kappa shape index (κ2) is 40.7. The van der Waals surface area contributed by atoms with Crippen molar-refractivity contribution in [3.8, 4) is 0 Å². The lowest BCUT2D eigenvalue weighted by atomic mass is 9.73. The molecular weight excluding hydrogens is 689 g/mol. The van der Waals surface area contributed by atoms with Crippen LogP contribution in [0.1, 0.15) is 311 Å². The molecule has 0 N–H and O–H groups in total. The predicted molar refractivity (Wildman–Crippen MR) is 245 cm³/mol. The van der Waals surface area contributed by atoms with E-state index in [-0.39, 0.29) is 11.9 Å². The summed E-state index contributed by atoms with van der Waals surface area (Å²) in [5.74, 6) is -0.483. The molecule has 0 amide bonds. The number of carbonyl (C=O) groups excluding carboxylic acids is 2. The minimum atomic E-state index is -0.555. The van der Waals surface area contributed by atoms with Crippen LogP contribution in [0, 0.1) is 10.8 Å². The highest BCUT2D eigenvalue weighted by Gasteiger charge is 2.43. The van der Waals surface area contributed by atoms with Gasteiger partial charge in [-0.15, -0.1) is 0 Å². The zero-order chi connectivity index (χ0) is 41.3. The summed E-state index contributed by atoms with van der Waals surface area (Å²) in [4.78, 5) is 41.1. The summed E-state index contributed by atoms with van der Waals surface area (Å²) in [6.07, 6.45) is 48.7. The van der Waals surface area contributed by atoms with E-state index in [2.05, 4.69) is 41.5 Å². The van der Waals surface area contributed by atoms with Crippen molar-refractivity contribution in [2.24, 2.45) is 10.8 Å². The van der Waals surface area contributed by atoms with E-state index in [0.29, 0.717) is 0 Å². The zero-order valence-electron chi connectivity index (χ0n) is 39.3. The summed E-state index contributed by atoms with van der Waals surface area (Å²) in [6, 6.07) is 0. The maximum absolute atomic E-state index is 14.6. The molecule has 0 unspecified atom stereocenters. The molecule has 0 spiro atoms. The summed E-state index contributed by atoms with van der Waals surface area (Å²) in [5, 5.41) is 0. The highest BCUT2D eigenvalue weighted by atomic mass is 17.2. The third kappa shape index (κ3) is 29.2. The fourth-order valence-electron chi connectivity index (χ4n) is 9.08. The normalized spacial score (nSPS) is 12.0. The Labute approximate surface area is 352 Å². The third-order valence-electron chi connectivity index (χ3n) is 13.1. The standard InChI is InChI=1S/C52H102O4/c1-7-13-19-25-31-37-43-51(44-38-32-26-20-14-8-2,45-39-33-27-21-15-9-3)49(53)55-56-50(54)52(46-40-34-28-22-16-10-4,47-41-35-29-23-17-11-5)48-42-36-30-24-18-12-6/h7-48H2,1-6H3. The van der Waals surface area contributed by atoms with Gasteiger partial charge in [-0.1, -0.05) is 273 Å². The van der Waals surface area contributed by atoms with E-state index in [1.165, 1.54) is 193 Å². The van der Waals surface area contributed by atoms with Gasteiger partial charge < -0.3 is 0 Å². The van der Waals surface area contributed by atoms with Crippen molar-refractivity contribution < 1.29 is 19.4 Å². The predicted octanol–water partition coefficient (Wildman–Crippen LogP) is 18.5. The van der Waals surface area contributed by atoms with E-state index in [1.807, 2.05) is 0 Å². The maximum atomic E-state index is 14.6. The van der Waals surface area contributed by atoms with E-state index in [4.69, 9.17) is 9.78 Å². The first-order valence-electron chi connectivity index (χ1n) is 25.8. The van der Waals surface area contributed by atoms with Gasteiger partial charge in [0.1, 0.15) is 0 Å². The summed E-state index contributed by atoms with van der Waals surface area (Å²) in [6.45, 7) is 13.6. The molecule has 4 heteroatoms. The molecule has 56 heavy (non-hydrogen) atoms. The lowest BCUT2D eigenvalue weighted by molar-refractivity contribution is -0.275. The number of hydrogen-bond acceptors (Lipinski definition) is 4. The molecule has 0 radical (unpaired) electrons. The molecule has 0 rings (SSSR count). The maximum Gasteiger partial charge on any atom is 0.361 e. The first-order chi connectivity index (χ1) is 27.4. The van der Waals surface area contributed by atoms with Crippen LogP contribution in [0.5, 0.6) is 0 Å². The Kier molecular flexibility index (Phi) is 39.9. The van der Waals surface area contributed by atoms with Gasteiger partial charge in [0.2, 0.25) is 0 Å². The van der Waals surface area contributed by atoms with Crippen molar-refractivity contribution in [1.29, 1.82) is 0 Å². The van der Waals surface area contributed by atoms with Crippen LogP contribution < -0.4 is 0 Å². The van der Waals surface area contributed by atoms with Crippen LogP contribution in [-0.2, 0) is 19.4 Å². The molecule has 334 valence electrons. The van der Waals surface area contributed by atoms with Crippen molar-refractivity contribution in [2.75, 3.05) is 0 Å². The van der Waals surface area contributed by atoms with Crippen LogP contribution in [0.2, 0.25) is 0 Å². The van der Waals surface area contributed by atoms with Gasteiger partial charge in [-0.3, -0.25) is 0 Å². The average molecular weight is 791 g/mol. The van der Waals surface area contributed by atoms with Gasteiger partial charge in [-0.25, -0.2) is 19.4 Å². The van der Waals surface area contributed by atoms with Gasteiger partial charge in [0, 0.05) is 0 Å². The fourth-order valence-corrected chi connectivity index (χ4v) is 9.08. The van der Waals surface area contributed by atoms with Gasteiger partial charge >= 0.3 is 11.9 Å². The van der Waals surface area contributed by atoms with Crippen LogP contribution in [-0.4, -0.2) is 11.9 Å². The highest BCUT2D eigenvalue weighted by molar-refractivity contribution is 5.80. The van der Waals surface area contributed by atoms with Gasteiger partial charge in [0.15, 0.2) is 0 Å². The quantitative estimate of drug-likeness (QED) is 0.0350. The molecule has 0 atom stereocenters. The summed E-state index contributed by atoms with van der Waals surface area (Å²) in [7, 11) is 0. The molecule has 0 saturated heterocycles. The third-order valence-corrected chi connectivity index (χ3v) is 13.1. The molecule has 0 saturated carbocycles. The van der Waals surface area contributed by atoms with Crippen LogP contribution in [0.4, 0.5) is 0 Å². The lowest BCUT2D eigenvalue weighted by Crippen LogP contribution is -2.38. The molecule has 0 aliphatic carbocycles. The largest absolute Gasteiger partial charge is 0.361 e. The number of rotatable bonds is 44. The molecule has 0 aromatic carbocycles. The smallest absolute Gasteiger partial charge is 0.247 e. The van der Waals surface area contributed by atoms with Gasteiger partial charge in [0.25, 0.3) is 0 Å². The van der Waals surface area contributed by atoms with E-state index in [1.54, 1.807) is 0 Å². The van der Waals surface area contributed by atoms with E-state index in [0.717, 1.165) is 77.0 Å². The molecule has 0 fully saturated rings. The van der Waals surface area contributed by atoms with Crippen LogP contribution in [0.3, 0.4) is 0 Å². The monoisotopic (exact) mass is 791 g/mol. The number of carbonyl (C=O) groups is 2. The Morgan fingerprint density at radius 3 is 0.554 bits per heavy atom. The summed E-state index contributed by atoms with van der Waals surface area (Å²) < 4.78 is 0. The minimum absolute atomic E-state index is 0.242. The molecule has 0 bridgehead atoms. The van der Waals surface area contributed by atoms with Crippen molar-refractivity contribution >= 4 is 11.9 Å². The number of hydrogen-bond donors (Lipinski definition) is 0. The first kappa shape index (κ1) is 54.9. The Bertz CT molecular complexity index is 687. The lowest BCUT2D eigenvalue weighted by Gasteiger charge is -2.33. The van der Waals surface area contributed by atoms with Gasteiger partial charge in [0.05, 0.1) is 10.8 Å². The second-order valence-electron chi connectivity index (χ2n) is 18.4. The fraction of sp³-hybridized carbons (Fsp3) is 0.962. The minimum Gasteiger partial charge on any atom is -0.247 e. The first-order valence-corrected chi connectivity index (χ1v) is 25.8. The summed E-state index contributed by atoms with van der Waals surface area (Å²) in [5.41, 5.74) is -1.11. The average Bonchev–Trinajstić information content (AvgIpc) is 3.20. The molecule has 4 nitrogen and oxygen atoms in total. The van der Waals surface area contributed by atoms with Crippen LogP contribution in [0.15, 0.2) is 0 Å². The van der Waals surface area contributed by atoms with Crippen LogP contribution >= 0.6 is 0 Å². The molecule has 0 aromatic heterocycles. The number of unbranched alkanes of at least 4 members (excludes halogenated alkanes) is 30. The molecule has 0 aliphatic rings. The molecule has 0 heterocycles. The van der Waals surface area contributed by atoms with Crippen molar-refractivity contribution in [2.45, 2.75) is 311 Å². The van der Waals surface area contributed by atoms with E-state index in [9.17, 15) is 9.59 Å². The van der Waals surface area contributed by atoms with E-state index < -0.39 is 10.8 Å². The molecule has 0 aliphatic heterocycles. The highest BCUT2D eigenvalue weighted by Crippen LogP contribution is 2.42. The van der Waals surface area contributed by atoms with Crippen molar-refractivity contribution in [3.63, 3.8) is 0 Å². The Hall–Kier alpha value is -1.06. The summed E-state index contributed by atoms with van der Waals surface area (Å²) >= 11 is 0. The zero-order valence-corrected chi connectivity index (χ0v) is 39.3. The van der Waals surface area contributed by atoms with E-state index >= 15 is 0 Å². The second-order valence-corrected chi connectivity index (χ2v) is 18.4. The Balaban J connectivity index is 6.24. The Morgan fingerprint density at radius 2 is 0.393 bits per heavy atom. The Morgan fingerprint density at radius 1 is 0.250 bits per heavy atom. The topological polar surface area (TPSA) is 52.6 Å².